The number of nitrogens with one attached hydrogen (secondary N) is 1. The molecule has 2 rings (SSSR count). The number of carbonyl (C=O) groups excluding carboxylic acids is 1. The summed E-state index contributed by atoms with van der Waals surface area (Å²) < 4.78 is 5.20. The third-order valence-corrected chi connectivity index (χ3v) is 3.63. The predicted octanol–water partition coefficient (Wildman–Crippen LogP) is 1.71. The minimum Gasteiger partial charge on any atom is -0.480 e. The minimum absolute atomic E-state index is 0.00157. The van der Waals surface area contributed by atoms with E-state index >= 15 is 0 Å². The van der Waals surface area contributed by atoms with Crippen molar-refractivity contribution in [3.8, 4) is 0 Å². The van der Waals surface area contributed by atoms with Crippen LogP contribution in [0.3, 0.4) is 0 Å². The summed E-state index contributed by atoms with van der Waals surface area (Å²) in [7, 11) is 0. The van der Waals surface area contributed by atoms with Crippen molar-refractivity contribution in [2.75, 3.05) is 19.6 Å². The highest BCUT2D eigenvalue weighted by Crippen LogP contribution is 2.16. The first kappa shape index (κ1) is 16.3. The van der Waals surface area contributed by atoms with E-state index in [1.54, 1.807) is 0 Å². The number of rotatable bonds is 5. The van der Waals surface area contributed by atoms with Crippen LogP contribution in [0.25, 0.3) is 0 Å². The Hall–Kier alpha value is -2.08. The third-order valence-electron chi connectivity index (χ3n) is 3.63. The Bertz CT molecular complexity index is 506. The van der Waals surface area contributed by atoms with E-state index in [4.69, 9.17) is 9.84 Å². The van der Waals surface area contributed by atoms with Gasteiger partial charge in [0.2, 0.25) is 0 Å². The summed E-state index contributed by atoms with van der Waals surface area (Å²) in [5.41, 5.74) is 0.933. The van der Waals surface area contributed by atoms with E-state index in [0.29, 0.717) is 12.5 Å². The Labute approximate surface area is 130 Å². The quantitative estimate of drug-likeness (QED) is 0.866. The summed E-state index contributed by atoms with van der Waals surface area (Å²) in [6, 6.07) is 9.40. The van der Waals surface area contributed by atoms with Crippen LogP contribution >= 0.6 is 0 Å². The molecule has 2 N–H and O–H groups in total. The number of likely N-dealkylation sites (tertiary alicyclic amines) is 1. The van der Waals surface area contributed by atoms with Gasteiger partial charge in [-0.05, 0) is 17.9 Å². The maximum Gasteiger partial charge on any atom is 0.407 e. The zero-order valence-corrected chi connectivity index (χ0v) is 12.7. The smallest absolute Gasteiger partial charge is 0.407 e. The van der Waals surface area contributed by atoms with Gasteiger partial charge in [-0.15, -0.1) is 0 Å². The van der Waals surface area contributed by atoms with Crippen molar-refractivity contribution < 1.29 is 19.4 Å². The molecule has 1 aromatic rings. The molecule has 0 aliphatic carbocycles. The Morgan fingerprint density at radius 1 is 1.32 bits per heavy atom. The fraction of sp³-hybridized carbons (Fsp3) is 0.500. The van der Waals surface area contributed by atoms with Crippen molar-refractivity contribution in [2.24, 2.45) is 5.92 Å². The Kier molecular flexibility index (Phi) is 5.77. The van der Waals surface area contributed by atoms with Crippen molar-refractivity contribution in [1.29, 1.82) is 0 Å². The molecule has 1 aliphatic heterocycles. The number of ether oxygens (including phenoxy) is 1. The zero-order chi connectivity index (χ0) is 15.9. The SMILES string of the molecule is CC1CC(NC(=O)OCc2ccccc2)CN(CC(=O)O)C1. The molecule has 0 spiro atoms. The molecule has 0 radical (unpaired) electrons. The lowest BCUT2D eigenvalue weighted by Crippen LogP contribution is -2.51. The highest BCUT2D eigenvalue weighted by Gasteiger charge is 2.27. The first-order valence-corrected chi connectivity index (χ1v) is 7.44. The van der Waals surface area contributed by atoms with Crippen LogP contribution in [0.2, 0.25) is 0 Å². The maximum absolute atomic E-state index is 11.9. The van der Waals surface area contributed by atoms with Gasteiger partial charge in [0.15, 0.2) is 0 Å². The standard InChI is InChI=1S/C16H22N2O4/c1-12-7-14(9-18(8-12)10-15(19)20)17-16(21)22-11-13-5-3-2-4-6-13/h2-6,12,14H,7-11H2,1H3,(H,17,21)(H,19,20). The summed E-state index contributed by atoms with van der Waals surface area (Å²) in [5, 5.41) is 11.7. The zero-order valence-electron chi connectivity index (χ0n) is 12.7. The molecule has 2 unspecified atom stereocenters. The Morgan fingerprint density at radius 2 is 2.05 bits per heavy atom. The molecule has 1 amide bonds. The van der Waals surface area contributed by atoms with E-state index in [9.17, 15) is 9.59 Å². The molecule has 0 saturated carbocycles. The number of hydrogen-bond acceptors (Lipinski definition) is 4. The van der Waals surface area contributed by atoms with Crippen LogP contribution in [-0.4, -0.2) is 47.7 Å². The number of amides is 1. The maximum atomic E-state index is 11.9. The number of carboxylic acids is 1. The van der Waals surface area contributed by atoms with Crippen molar-refractivity contribution in [3.63, 3.8) is 0 Å². The number of aliphatic carboxylic acids is 1. The van der Waals surface area contributed by atoms with Gasteiger partial charge in [-0.2, -0.15) is 0 Å². The van der Waals surface area contributed by atoms with Crippen molar-refractivity contribution in [1.82, 2.24) is 10.2 Å². The monoisotopic (exact) mass is 306 g/mol. The van der Waals surface area contributed by atoms with Gasteiger partial charge in [-0.25, -0.2) is 4.79 Å². The molecule has 0 aromatic heterocycles. The molecule has 6 nitrogen and oxygen atoms in total. The van der Waals surface area contributed by atoms with Gasteiger partial charge in [0, 0.05) is 19.1 Å². The molecule has 22 heavy (non-hydrogen) atoms. The van der Waals surface area contributed by atoms with Crippen LogP contribution in [0.4, 0.5) is 4.79 Å². The lowest BCUT2D eigenvalue weighted by Gasteiger charge is -2.35. The Morgan fingerprint density at radius 3 is 2.73 bits per heavy atom. The molecule has 1 saturated heterocycles. The number of benzene rings is 1. The number of hydrogen-bond donors (Lipinski definition) is 2. The topological polar surface area (TPSA) is 78.9 Å². The molecular weight excluding hydrogens is 284 g/mol. The van der Waals surface area contributed by atoms with Crippen LogP contribution in [0.5, 0.6) is 0 Å². The fourth-order valence-electron chi connectivity index (χ4n) is 2.82. The highest BCUT2D eigenvalue weighted by molar-refractivity contribution is 5.69. The molecular formula is C16H22N2O4. The molecule has 1 fully saturated rings. The van der Waals surface area contributed by atoms with Crippen molar-refractivity contribution in [2.45, 2.75) is 26.0 Å². The molecule has 0 bridgehead atoms. The molecule has 120 valence electrons. The first-order chi connectivity index (χ1) is 10.5. The summed E-state index contributed by atoms with van der Waals surface area (Å²) >= 11 is 0. The number of piperidine rings is 1. The summed E-state index contributed by atoms with van der Waals surface area (Å²) in [4.78, 5) is 24.5. The number of alkyl carbamates (subject to hydrolysis) is 1. The van der Waals surface area contributed by atoms with Gasteiger partial charge in [-0.3, -0.25) is 9.69 Å². The number of nitrogens with zero attached hydrogens (tertiary/aromatic N) is 1. The van der Waals surface area contributed by atoms with Crippen LogP contribution in [0, 0.1) is 5.92 Å². The summed E-state index contributed by atoms with van der Waals surface area (Å²) in [6.45, 7) is 3.56. The summed E-state index contributed by atoms with van der Waals surface area (Å²) in [5.74, 6) is -0.507. The highest BCUT2D eigenvalue weighted by atomic mass is 16.5. The van der Waals surface area contributed by atoms with Crippen molar-refractivity contribution in [3.05, 3.63) is 35.9 Å². The minimum atomic E-state index is -0.848. The normalized spacial score (nSPS) is 22.0. The number of carboxylic acid groups (broad SMARTS) is 1. The molecule has 1 aliphatic rings. The van der Waals surface area contributed by atoms with E-state index in [0.717, 1.165) is 18.5 Å². The average Bonchev–Trinajstić information content (AvgIpc) is 2.45. The lowest BCUT2D eigenvalue weighted by molar-refractivity contribution is -0.138. The molecule has 2 atom stereocenters. The van der Waals surface area contributed by atoms with Crippen LogP contribution < -0.4 is 5.32 Å². The average molecular weight is 306 g/mol. The van der Waals surface area contributed by atoms with Gasteiger partial charge in [0.05, 0.1) is 6.54 Å². The van der Waals surface area contributed by atoms with Gasteiger partial charge in [0.1, 0.15) is 6.61 Å². The van der Waals surface area contributed by atoms with E-state index in [2.05, 4.69) is 12.2 Å². The van der Waals surface area contributed by atoms with Gasteiger partial charge >= 0.3 is 12.1 Å². The van der Waals surface area contributed by atoms with E-state index < -0.39 is 12.1 Å². The second-order valence-electron chi connectivity index (χ2n) is 5.83. The predicted molar refractivity (Wildman–Crippen MR) is 81.4 cm³/mol. The molecule has 1 aromatic carbocycles. The second-order valence-corrected chi connectivity index (χ2v) is 5.83. The third kappa shape index (κ3) is 5.37. The van der Waals surface area contributed by atoms with E-state index in [-0.39, 0.29) is 19.2 Å². The van der Waals surface area contributed by atoms with Crippen molar-refractivity contribution >= 4 is 12.1 Å². The van der Waals surface area contributed by atoms with Crippen LogP contribution in [0.15, 0.2) is 30.3 Å². The second kappa shape index (κ2) is 7.79. The van der Waals surface area contributed by atoms with Crippen LogP contribution in [-0.2, 0) is 16.1 Å². The lowest BCUT2D eigenvalue weighted by atomic mass is 9.96. The largest absolute Gasteiger partial charge is 0.480 e. The van der Waals surface area contributed by atoms with Gasteiger partial charge in [-0.1, -0.05) is 37.3 Å². The van der Waals surface area contributed by atoms with Gasteiger partial charge in [0.25, 0.3) is 0 Å². The van der Waals surface area contributed by atoms with Gasteiger partial charge < -0.3 is 15.2 Å². The molecule has 1 heterocycles. The van der Waals surface area contributed by atoms with Crippen LogP contribution in [0.1, 0.15) is 18.9 Å². The van der Waals surface area contributed by atoms with E-state index in [1.807, 2.05) is 35.2 Å². The molecule has 6 heteroatoms. The van der Waals surface area contributed by atoms with E-state index in [1.165, 1.54) is 0 Å². The summed E-state index contributed by atoms with van der Waals surface area (Å²) in [6.07, 6.45) is 0.370. The fourth-order valence-corrected chi connectivity index (χ4v) is 2.82. The Balaban J connectivity index is 1.78. The first-order valence-electron chi connectivity index (χ1n) is 7.44. The number of carbonyl (C=O) groups is 2.